The number of rotatable bonds is 3. The number of ether oxygens (including phenoxy) is 1. The number of thioether (sulfide) groups is 1. The first-order chi connectivity index (χ1) is 14.0. The first kappa shape index (κ1) is 19.5. The highest BCUT2D eigenvalue weighted by atomic mass is 32.2. The molecule has 29 heavy (non-hydrogen) atoms. The molecule has 0 saturated carbocycles. The zero-order valence-corrected chi connectivity index (χ0v) is 17.6. The van der Waals surface area contributed by atoms with Gasteiger partial charge in [0.25, 0.3) is 5.56 Å². The van der Waals surface area contributed by atoms with Crippen molar-refractivity contribution >= 4 is 34.6 Å². The van der Waals surface area contributed by atoms with Crippen LogP contribution in [0.1, 0.15) is 21.5 Å². The Bertz CT molecular complexity index is 1150. The molecule has 0 N–H and O–H groups in total. The zero-order chi connectivity index (χ0) is 20.5. The highest BCUT2D eigenvalue weighted by Crippen LogP contribution is 2.24. The molecule has 1 aromatic heterocycles. The summed E-state index contributed by atoms with van der Waals surface area (Å²) in [5.41, 5.74) is 3.85. The van der Waals surface area contributed by atoms with Crippen LogP contribution in [0.5, 0.6) is 0 Å². The summed E-state index contributed by atoms with van der Waals surface area (Å²) in [6.07, 6.45) is 0. The van der Waals surface area contributed by atoms with Gasteiger partial charge in [0.15, 0.2) is 0 Å². The standard InChI is InChI=1S/C22H23N3O3S/c1-14-4-6-17(12-15(14)2)25-20(26)18-7-5-16(21(27)28-3)13-19(18)23-22(25)24-8-10-29-11-9-24/h4-7,12-13H,8-11H2,1-3H3. The number of methoxy groups -OCH3 is 1. The van der Waals surface area contributed by atoms with Crippen LogP contribution in [0, 0.1) is 13.8 Å². The number of carbonyl (C=O) groups is 1. The van der Waals surface area contributed by atoms with Gasteiger partial charge < -0.3 is 9.64 Å². The van der Waals surface area contributed by atoms with E-state index in [1.165, 1.54) is 12.7 Å². The smallest absolute Gasteiger partial charge is 0.337 e. The Balaban J connectivity index is 1.98. The van der Waals surface area contributed by atoms with Gasteiger partial charge in [0, 0.05) is 24.6 Å². The SMILES string of the molecule is COC(=O)c1ccc2c(=O)n(-c3ccc(C)c(C)c3)c(N3CCSCC3)nc2c1. The normalized spacial score (nSPS) is 14.2. The van der Waals surface area contributed by atoms with Gasteiger partial charge in [-0.1, -0.05) is 6.07 Å². The summed E-state index contributed by atoms with van der Waals surface area (Å²) in [4.78, 5) is 32.4. The fourth-order valence-electron chi connectivity index (χ4n) is 3.49. The van der Waals surface area contributed by atoms with Crippen LogP contribution in [0.4, 0.5) is 5.95 Å². The molecule has 1 fully saturated rings. The predicted octanol–water partition coefficient (Wildman–Crippen LogP) is 3.34. The second kappa shape index (κ2) is 7.91. The summed E-state index contributed by atoms with van der Waals surface area (Å²) in [6.45, 7) is 5.74. The lowest BCUT2D eigenvalue weighted by Crippen LogP contribution is -2.38. The molecule has 150 valence electrons. The van der Waals surface area contributed by atoms with E-state index in [0.717, 1.165) is 35.8 Å². The number of benzene rings is 2. The van der Waals surface area contributed by atoms with Crippen LogP contribution in [-0.2, 0) is 4.74 Å². The molecule has 0 aliphatic carbocycles. The quantitative estimate of drug-likeness (QED) is 0.618. The molecule has 3 aromatic rings. The first-order valence-electron chi connectivity index (χ1n) is 9.55. The molecule has 2 aromatic carbocycles. The average Bonchev–Trinajstić information content (AvgIpc) is 2.75. The Morgan fingerprint density at radius 1 is 1.07 bits per heavy atom. The number of hydrogen-bond donors (Lipinski definition) is 0. The van der Waals surface area contributed by atoms with Crippen LogP contribution >= 0.6 is 11.8 Å². The van der Waals surface area contributed by atoms with Crippen molar-refractivity contribution in [2.75, 3.05) is 36.6 Å². The summed E-state index contributed by atoms with van der Waals surface area (Å²) in [7, 11) is 1.34. The van der Waals surface area contributed by atoms with Crippen molar-refractivity contribution in [3.63, 3.8) is 0 Å². The van der Waals surface area contributed by atoms with Gasteiger partial charge in [-0.2, -0.15) is 11.8 Å². The second-order valence-electron chi connectivity index (χ2n) is 7.14. The maximum absolute atomic E-state index is 13.5. The van der Waals surface area contributed by atoms with Crippen molar-refractivity contribution in [1.29, 1.82) is 0 Å². The lowest BCUT2D eigenvalue weighted by atomic mass is 10.1. The topological polar surface area (TPSA) is 64.4 Å². The van der Waals surface area contributed by atoms with Crippen LogP contribution in [0.2, 0.25) is 0 Å². The lowest BCUT2D eigenvalue weighted by Gasteiger charge is -2.29. The fourth-order valence-corrected chi connectivity index (χ4v) is 4.39. The van der Waals surface area contributed by atoms with Gasteiger partial charge in [-0.15, -0.1) is 0 Å². The molecule has 1 aliphatic heterocycles. The van der Waals surface area contributed by atoms with Crippen LogP contribution < -0.4 is 10.5 Å². The molecule has 2 heterocycles. The Labute approximate surface area is 173 Å². The van der Waals surface area contributed by atoms with Gasteiger partial charge in [-0.25, -0.2) is 14.3 Å². The van der Waals surface area contributed by atoms with Gasteiger partial charge in [0.1, 0.15) is 0 Å². The highest BCUT2D eigenvalue weighted by Gasteiger charge is 2.21. The van der Waals surface area contributed by atoms with E-state index in [1.807, 2.05) is 36.9 Å². The van der Waals surface area contributed by atoms with Gasteiger partial charge >= 0.3 is 5.97 Å². The molecule has 0 atom stereocenters. The number of carbonyl (C=O) groups excluding carboxylic acids is 1. The summed E-state index contributed by atoms with van der Waals surface area (Å²) < 4.78 is 6.51. The van der Waals surface area contributed by atoms with Crippen LogP contribution in [0.15, 0.2) is 41.2 Å². The Morgan fingerprint density at radius 3 is 2.52 bits per heavy atom. The van der Waals surface area contributed by atoms with E-state index in [1.54, 1.807) is 22.8 Å². The van der Waals surface area contributed by atoms with E-state index in [4.69, 9.17) is 9.72 Å². The Morgan fingerprint density at radius 2 is 1.83 bits per heavy atom. The van der Waals surface area contributed by atoms with Crippen LogP contribution in [-0.4, -0.2) is 47.2 Å². The summed E-state index contributed by atoms with van der Waals surface area (Å²) in [6, 6.07) is 10.9. The fraction of sp³-hybridized carbons (Fsp3) is 0.318. The van der Waals surface area contributed by atoms with Gasteiger partial charge in [-0.05, 0) is 55.3 Å². The van der Waals surface area contributed by atoms with Crippen molar-refractivity contribution in [2.24, 2.45) is 0 Å². The monoisotopic (exact) mass is 409 g/mol. The van der Waals surface area contributed by atoms with Crippen LogP contribution in [0.25, 0.3) is 16.6 Å². The van der Waals surface area contributed by atoms with Gasteiger partial charge in [0.2, 0.25) is 5.95 Å². The van der Waals surface area contributed by atoms with Crippen molar-refractivity contribution in [3.05, 3.63) is 63.4 Å². The molecular formula is C22H23N3O3S. The van der Waals surface area contributed by atoms with E-state index < -0.39 is 5.97 Å². The lowest BCUT2D eigenvalue weighted by molar-refractivity contribution is 0.0601. The number of nitrogens with zero attached hydrogens (tertiary/aromatic N) is 3. The summed E-state index contributed by atoms with van der Waals surface area (Å²) in [5.74, 6) is 2.16. The molecule has 0 radical (unpaired) electrons. The minimum absolute atomic E-state index is 0.136. The molecule has 7 heteroatoms. The molecule has 4 rings (SSSR count). The van der Waals surface area contributed by atoms with Crippen molar-refractivity contribution in [3.8, 4) is 5.69 Å². The third-order valence-electron chi connectivity index (χ3n) is 5.32. The Hall–Kier alpha value is -2.80. The first-order valence-corrected chi connectivity index (χ1v) is 10.7. The third-order valence-corrected chi connectivity index (χ3v) is 6.26. The van der Waals surface area contributed by atoms with Crippen molar-refractivity contribution < 1.29 is 9.53 Å². The van der Waals surface area contributed by atoms with Crippen molar-refractivity contribution in [2.45, 2.75) is 13.8 Å². The maximum atomic E-state index is 13.5. The number of hydrogen-bond acceptors (Lipinski definition) is 6. The third kappa shape index (κ3) is 3.62. The second-order valence-corrected chi connectivity index (χ2v) is 8.37. The summed E-state index contributed by atoms with van der Waals surface area (Å²) >= 11 is 1.90. The number of anilines is 1. The molecule has 0 spiro atoms. The minimum atomic E-state index is -0.442. The zero-order valence-electron chi connectivity index (χ0n) is 16.8. The van der Waals surface area contributed by atoms with E-state index in [2.05, 4.69) is 11.8 Å². The molecule has 0 bridgehead atoms. The largest absolute Gasteiger partial charge is 0.465 e. The summed E-state index contributed by atoms with van der Waals surface area (Å²) in [5, 5.41) is 0.478. The number of aryl methyl sites for hydroxylation is 2. The molecule has 0 amide bonds. The predicted molar refractivity (Wildman–Crippen MR) is 118 cm³/mol. The molecule has 6 nitrogen and oxygen atoms in total. The van der Waals surface area contributed by atoms with Crippen LogP contribution in [0.3, 0.4) is 0 Å². The molecule has 1 saturated heterocycles. The van der Waals surface area contributed by atoms with E-state index >= 15 is 0 Å². The van der Waals surface area contributed by atoms with E-state index in [-0.39, 0.29) is 5.56 Å². The maximum Gasteiger partial charge on any atom is 0.337 e. The number of aromatic nitrogens is 2. The molecule has 0 unspecified atom stereocenters. The average molecular weight is 410 g/mol. The molecule has 1 aliphatic rings. The van der Waals surface area contributed by atoms with E-state index in [9.17, 15) is 9.59 Å². The van der Waals surface area contributed by atoms with E-state index in [0.29, 0.717) is 22.4 Å². The minimum Gasteiger partial charge on any atom is -0.465 e. The highest BCUT2D eigenvalue weighted by molar-refractivity contribution is 7.99. The van der Waals surface area contributed by atoms with Gasteiger partial charge in [-0.3, -0.25) is 4.79 Å². The van der Waals surface area contributed by atoms with Gasteiger partial charge in [0.05, 0.1) is 29.3 Å². The number of esters is 1. The number of fused-ring (bicyclic) bond motifs is 1. The van der Waals surface area contributed by atoms with Crippen molar-refractivity contribution in [1.82, 2.24) is 9.55 Å². The Kier molecular flexibility index (Phi) is 5.32. The molecular weight excluding hydrogens is 386 g/mol.